The van der Waals surface area contributed by atoms with Crippen LogP contribution in [0.5, 0.6) is 0 Å². The fraction of sp³-hybridized carbons (Fsp3) is 0.364. The Morgan fingerprint density at radius 1 is 1.26 bits per heavy atom. The summed E-state index contributed by atoms with van der Waals surface area (Å²) in [5.41, 5.74) is -1.54. The topological polar surface area (TPSA) is 159 Å². The zero-order chi connectivity index (χ0) is 17.6. The second kappa shape index (κ2) is 7.60. The number of hydrogen-bond acceptors (Lipinski definition) is 8. The average Bonchev–Trinajstić information content (AvgIpc) is 2.46. The van der Waals surface area contributed by atoms with Gasteiger partial charge in [-0.1, -0.05) is 0 Å². The van der Waals surface area contributed by atoms with E-state index in [1.165, 1.54) is 0 Å². The fourth-order valence-electron chi connectivity index (χ4n) is 1.59. The first-order chi connectivity index (χ1) is 10.7. The molecule has 0 saturated heterocycles. The lowest BCUT2D eigenvalue weighted by molar-refractivity contribution is -0.396. The van der Waals surface area contributed by atoms with E-state index in [4.69, 9.17) is 0 Å². The number of carbonyl (C=O) groups is 1. The number of nitro benzene ring substituents is 2. The Hall–Kier alpha value is -2.60. The largest absolute Gasteiger partial charge is 0.466 e. The summed E-state index contributed by atoms with van der Waals surface area (Å²) >= 11 is 0. The molecular weight excluding hydrogens is 334 g/mol. The summed E-state index contributed by atoms with van der Waals surface area (Å²) in [7, 11) is -4.31. The molecule has 0 aliphatic rings. The second-order valence-electron chi connectivity index (χ2n) is 4.12. The number of esters is 1. The van der Waals surface area contributed by atoms with Crippen LogP contribution in [0.1, 0.15) is 13.3 Å². The molecule has 0 bridgehead atoms. The average molecular weight is 347 g/mol. The van der Waals surface area contributed by atoms with Gasteiger partial charge in [-0.15, -0.1) is 0 Å². The molecule has 23 heavy (non-hydrogen) atoms. The quantitative estimate of drug-likeness (QED) is 0.409. The van der Waals surface area contributed by atoms with Crippen molar-refractivity contribution in [2.45, 2.75) is 18.2 Å². The molecule has 0 spiro atoms. The Labute approximate surface area is 130 Å². The number of nitrogens with zero attached hydrogens (tertiary/aromatic N) is 2. The van der Waals surface area contributed by atoms with Crippen LogP contribution < -0.4 is 4.72 Å². The Morgan fingerprint density at radius 3 is 2.43 bits per heavy atom. The molecule has 0 radical (unpaired) electrons. The first-order valence-corrected chi connectivity index (χ1v) is 7.75. The lowest BCUT2D eigenvalue weighted by Crippen LogP contribution is -2.27. The lowest BCUT2D eigenvalue weighted by Gasteiger charge is -2.07. The molecule has 0 aliphatic carbocycles. The Bertz CT molecular complexity index is 731. The predicted molar refractivity (Wildman–Crippen MR) is 76.2 cm³/mol. The SMILES string of the molecule is CCOC(=O)CCNS(=O)(=O)c1ccc([N+](=O)[O-])cc1[N+](=O)[O-]. The smallest absolute Gasteiger partial charge is 0.307 e. The van der Waals surface area contributed by atoms with E-state index >= 15 is 0 Å². The highest BCUT2D eigenvalue weighted by molar-refractivity contribution is 7.89. The monoisotopic (exact) mass is 347 g/mol. The van der Waals surface area contributed by atoms with Crippen LogP contribution in [0.4, 0.5) is 11.4 Å². The highest BCUT2D eigenvalue weighted by atomic mass is 32.2. The summed E-state index contributed by atoms with van der Waals surface area (Å²) in [6, 6.07) is 2.16. The number of non-ortho nitro benzene ring substituents is 1. The number of ether oxygens (including phenoxy) is 1. The van der Waals surface area contributed by atoms with Gasteiger partial charge < -0.3 is 4.74 Å². The maximum absolute atomic E-state index is 12.0. The summed E-state index contributed by atoms with van der Waals surface area (Å²) in [6.07, 6.45) is -0.256. The zero-order valence-electron chi connectivity index (χ0n) is 11.9. The number of hydrogen-bond donors (Lipinski definition) is 1. The molecule has 1 rings (SSSR count). The normalized spacial score (nSPS) is 11.0. The molecule has 0 atom stereocenters. The first-order valence-electron chi connectivity index (χ1n) is 6.27. The van der Waals surface area contributed by atoms with Gasteiger partial charge in [0.25, 0.3) is 11.4 Å². The zero-order valence-corrected chi connectivity index (χ0v) is 12.7. The van der Waals surface area contributed by atoms with Crippen molar-refractivity contribution in [1.82, 2.24) is 4.72 Å². The van der Waals surface area contributed by atoms with Gasteiger partial charge in [0.2, 0.25) is 10.0 Å². The summed E-state index contributed by atoms with van der Waals surface area (Å²) in [5, 5.41) is 21.5. The van der Waals surface area contributed by atoms with Crippen molar-refractivity contribution in [3.63, 3.8) is 0 Å². The third-order valence-electron chi connectivity index (χ3n) is 2.57. The summed E-state index contributed by atoms with van der Waals surface area (Å²) in [6.45, 7) is 1.40. The molecule has 0 fully saturated rings. The number of sulfonamides is 1. The highest BCUT2D eigenvalue weighted by Crippen LogP contribution is 2.28. The van der Waals surface area contributed by atoms with Gasteiger partial charge in [-0.05, 0) is 13.0 Å². The minimum atomic E-state index is -4.31. The maximum Gasteiger partial charge on any atom is 0.307 e. The Morgan fingerprint density at radius 2 is 1.91 bits per heavy atom. The van der Waals surface area contributed by atoms with Gasteiger partial charge >= 0.3 is 5.97 Å². The van der Waals surface area contributed by atoms with E-state index < -0.39 is 42.1 Å². The van der Waals surface area contributed by atoms with Gasteiger partial charge in [-0.25, -0.2) is 13.1 Å². The number of nitrogens with one attached hydrogen (secondary N) is 1. The van der Waals surface area contributed by atoms with Crippen molar-refractivity contribution < 1.29 is 27.8 Å². The van der Waals surface area contributed by atoms with Crippen LogP contribution in [0.2, 0.25) is 0 Å². The second-order valence-corrected chi connectivity index (χ2v) is 5.85. The van der Waals surface area contributed by atoms with E-state index in [0.29, 0.717) is 6.07 Å². The molecule has 0 aromatic heterocycles. The van der Waals surface area contributed by atoms with E-state index in [-0.39, 0.29) is 19.6 Å². The first kappa shape index (κ1) is 18.4. The van der Waals surface area contributed by atoms with Crippen LogP contribution in [-0.2, 0) is 19.6 Å². The van der Waals surface area contributed by atoms with Crippen LogP contribution in [0.3, 0.4) is 0 Å². The van der Waals surface area contributed by atoms with Gasteiger partial charge in [-0.3, -0.25) is 25.0 Å². The number of carbonyl (C=O) groups excluding carboxylic acids is 1. The molecule has 11 nitrogen and oxygen atoms in total. The van der Waals surface area contributed by atoms with Crippen LogP contribution in [0.15, 0.2) is 23.1 Å². The van der Waals surface area contributed by atoms with E-state index in [1.54, 1.807) is 6.92 Å². The van der Waals surface area contributed by atoms with Crippen LogP contribution >= 0.6 is 0 Å². The predicted octanol–water partition coefficient (Wildman–Crippen LogP) is 0.734. The highest BCUT2D eigenvalue weighted by Gasteiger charge is 2.28. The third kappa shape index (κ3) is 4.96. The molecular formula is C11H13N3O8S. The minimum Gasteiger partial charge on any atom is -0.466 e. The summed E-state index contributed by atoms with van der Waals surface area (Å²) in [4.78, 5) is 30.0. The molecule has 0 unspecified atom stereocenters. The molecule has 1 N–H and O–H groups in total. The van der Waals surface area contributed by atoms with E-state index in [0.717, 1.165) is 12.1 Å². The van der Waals surface area contributed by atoms with Gasteiger partial charge in [0.1, 0.15) is 0 Å². The fourth-order valence-corrected chi connectivity index (χ4v) is 2.77. The van der Waals surface area contributed by atoms with Crippen molar-refractivity contribution in [3.05, 3.63) is 38.4 Å². The van der Waals surface area contributed by atoms with Crippen LogP contribution in [-0.4, -0.2) is 37.4 Å². The van der Waals surface area contributed by atoms with Crippen molar-refractivity contribution in [2.75, 3.05) is 13.2 Å². The van der Waals surface area contributed by atoms with Gasteiger partial charge in [0.05, 0.1) is 28.9 Å². The molecule has 1 aromatic carbocycles. The van der Waals surface area contributed by atoms with Gasteiger partial charge in [0, 0.05) is 12.6 Å². The summed E-state index contributed by atoms with van der Waals surface area (Å²) < 4.78 is 30.7. The third-order valence-corrected chi connectivity index (χ3v) is 4.07. The number of benzene rings is 1. The van der Waals surface area contributed by atoms with Crippen molar-refractivity contribution in [1.29, 1.82) is 0 Å². The maximum atomic E-state index is 12.0. The van der Waals surface area contributed by atoms with Crippen molar-refractivity contribution in [2.24, 2.45) is 0 Å². The number of nitro groups is 2. The van der Waals surface area contributed by atoms with Gasteiger partial charge in [0.15, 0.2) is 4.90 Å². The standard InChI is InChI=1S/C11H13N3O8S/c1-2-22-11(15)5-6-12-23(20,21)10-4-3-8(13(16)17)7-9(10)14(18)19/h3-4,7,12H,2,5-6H2,1H3. The van der Waals surface area contributed by atoms with Crippen LogP contribution in [0.25, 0.3) is 0 Å². The molecule has 1 aromatic rings. The molecule has 0 saturated carbocycles. The van der Waals surface area contributed by atoms with E-state index in [1.807, 2.05) is 4.72 Å². The molecule has 0 heterocycles. The van der Waals surface area contributed by atoms with Crippen molar-refractivity contribution in [3.8, 4) is 0 Å². The van der Waals surface area contributed by atoms with E-state index in [9.17, 15) is 33.4 Å². The Kier molecular flexibility index (Phi) is 6.10. The molecule has 126 valence electrons. The van der Waals surface area contributed by atoms with Gasteiger partial charge in [-0.2, -0.15) is 0 Å². The Balaban J connectivity index is 3.01. The molecule has 0 aliphatic heterocycles. The van der Waals surface area contributed by atoms with Crippen molar-refractivity contribution >= 4 is 27.4 Å². The summed E-state index contributed by atoms with van der Waals surface area (Å²) in [5.74, 6) is -0.631. The number of rotatable bonds is 8. The molecule has 0 amide bonds. The minimum absolute atomic E-state index is 0.138. The van der Waals surface area contributed by atoms with Crippen LogP contribution in [0, 0.1) is 20.2 Å². The van der Waals surface area contributed by atoms with E-state index in [2.05, 4.69) is 4.74 Å². The molecule has 12 heteroatoms. The lowest BCUT2D eigenvalue weighted by atomic mass is 10.3.